The molecule has 2 aromatic rings. The Kier molecular flexibility index (Phi) is 19.2. The lowest BCUT2D eigenvalue weighted by atomic mass is 9.66. The Morgan fingerprint density at radius 2 is 1.22 bits per heavy atom. The number of nitrogens with one attached hydrogen (secondary N) is 3. The monoisotopic (exact) mass is 749 g/mol. The van der Waals surface area contributed by atoms with E-state index in [1.54, 1.807) is 0 Å². The molecule has 4 amide bonds. The number of rotatable bonds is 22. The lowest BCUT2D eigenvalue weighted by Gasteiger charge is -2.37. The predicted octanol–water partition coefficient (Wildman–Crippen LogP) is 3.76. The standard InChI is InChI=1S/C41H65BN6O6/c1-28(2)25-36(47-40(51)37(27-32-17-11-8-12-18-32)46-38(49)34(44)26-31-15-9-7-10-16-31)39(50)45-35(19-13-14-22-43)41(52)48-23-20-33(21-24-48)42(53-29(3)4)54-30(5)6/h7-12,15-18,28-30,33-37H,13-14,19-27,43-44H2,1-6H3,(H,45,50)(H,46,49)(H,47,51)/t34-,35-,36-,37-/m1/s1. The molecule has 0 bridgehead atoms. The third-order valence-corrected chi connectivity index (χ3v) is 9.50. The van der Waals surface area contributed by atoms with E-state index >= 15 is 0 Å². The molecule has 1 aliphatic heterocycles. The Morgan fingerprint density at radius 1 is 0.722 bits per heavy atom. The zero-order chi connectivity index (χ0) is 39.6. The van der Waals surface area contributed by atoms with Gasteiger partial charge in [-0.3, -0.25) is 19.2 Å². The van der Waals surface area contributed by atoms with Crippen molar-refractivity contribution in [3.05, 3.63) is 71.8 Å². The summed E-state index contributed by atoms with van der Waals surface area (Å²) in [6, 6.07) is 15.2. The molecule has 0 spiro atoms. The van der Waals surface area contributed by atoms with Gasteiger partial charge in [0.05, 0.1) is 6.04 Å². The van der Waals surface area contributed by atoms with E-state index < -0.39 is 41.9 Å². The fourth-order valence-corrected chi connectivity index (χ4v) is 6.70. The largest absolute Gasteiger partial charge is 0.460 e. The molecule has 0 unspecified atom stereocenters. The van der Waals surface area contributed by atoms with Gasteiger partial charge in [-0.05, 0) is 102 Å². The van der Waals surface area contributed by atoms with Gasteiger partial charge in [-0.15, -0.1) is 0 Å². The van der Waals surface area contributed by atoms with Crippen LogP contribution in [0.3, 0.4) is 0 Å². The molecule has 1 aliphatic rings. The van der Waals surface area contributed by atoms with E-state index in [1.165, 1.54) is 0 Å². The van der Waals surface area contributed by atoms with Gasteiger partial charge in [-0.2, -0.15) is 0 Å². The molecule has 12 nitrogen and oxygen atoms in total. The second kappa shape index (κ2) is 23.2. The number of hydrogen-bond acceptors (Lipinski definition) is 8. The molecule has 0 radical (unpaired) electrons. The number of amides is 4. The van der Waals surface area contributed by atoms with Crippen LogP contribution in [0.5, 0.6) is 0 Å². The van der Waals surface area contributed by atoms with Crippen LogP contribution in [0.4, 0.5) is 0 Å². The number of hydrogen-bond donors (Lipinski definition) is 5. The number of nitrogens with two attached hydrogens (primary N) is 2. The minimum Gasteiger partial charge on any atom is -0.409 e. The normalized spacial score (nSPS) is 15.8. The van der Waals surface area contributed by atoms with E-state index in [2.05, 4.69) is 16.0 Å². The Morgan fingerprint density at radius 3 is 1.74 bits per heavy atom. The highest BCUT2D eigenvalue weighted by molar-refractivity contribution is 6.46. The van der Waals surface area contributed by atoms with Crippen molar-refractivity contribution < 1.29 is 28.5 Å². The Labute approximate surface area is 323 Å². The molecule has 54 heavy (non-hydrogen) atoms. The number of carbonyl (C=O) groups excluding carboxylic acids is 4. The maximum Gasteiger partial charge on any atom is 0.460 e. The van der Waals surface area contributed by atoms with Crippen LogP contribution in [-0.4, -0.2) is 91.7 Å². The van der Waals surface area contributed by atoms with Crippen LogP contribution in [0, 0.1) is 5.92 Å². The number of nitrogens with zero attached hydrogens (tertiary/aromatic N) is 1. The predicted molar refractivity (Wildman–Crippen MR) is 214 cm³/mol. The Balaban J connectivity index is 1.75. The molecule has 7 N–H and O–H groups in total. The third-order valence-electron chi connectivity index (χ3n) is 9.50. The summed E-state index contributed by atoms with van der Waals surface area (Å²) < 4.78 is 12.2. The third kappa shape index (κ3) is 15.5. The van der Waals surface area contributed by atoms with Crippen LogP contribution >= 0.6 is 0 Å². The maximum atomic E-state index is 14.0. The first-order valence-corrected chi connectivity index (χ1v) is 19.8. The van der Waals surface area contributed by atoms with E-state index in [0.717, 1.165) is 24.0 Å². The summed E-state index contributed by atoms with van der Waals surface area (Å²) in [5.74, 6) is -1.38. The summed E-state index contributed by atoms with van der Waals surface area (Å²) in [7, 11) is -0.349. The first kappa shape index (κ1) is 44.6. The van der Waals surface area contributed by atoms with E-state index in [-0.39, 0.29) is 43.4 Å². The molecule has 1 heterocycles. The number of likely N-dealkylation sites (tertiary alicyclic amines) is 1. The lowest BCUT2D eigenvalue weighted by Crippen LogP contribution is -2.59. The van der Waals surface area contributed by atoms with Crippen LogP contribution in [-0.2, 0) is 41.3 Å². The van der Waals surface area contributed by atoms with Gasteiger partial charge in [0, 0.05) is 31.7 Å². The lowest BCUT2D eigenvalue weighted by molar-refractivity contribution is -0.138. The molecular formula is C41H65BN6O6. The van der Waals surface area contributed by atoms with Gasteiger partial charge in [0.25, 0.3) is 0 Å². The van der Waals surface area contributed by atoms with Crippen molar-refractivity contribution in [2.45, 2.75) is 135 Å². The van der Waals surface area contributed by atoms with Gasteiger partial charge in [0.2, 0.25) is 23.6 Å². The highest BCUT2D eigenvalue weighted by Gasteiger charge is 2.38. The van der Waals surface area contributed by atoms with Crippen molar-refractivity contribution in [2.24, 2.45) is 17.4 Å². The fourth-order valence-electron chi connectivity index (χ4n) is 6.70. The number of carbonyl (C=O) groups is 4. The zero-order valence-electron chi connectivity index (χ0n) is 33.3. The van der Waals surface area contributed by atoms with Crippen LogP contribution in [0.25, 0.3) is 0 Å². The first-order valence-electron chi connectivity index (χ1n) is 19.8. The van der Waals surface area contributed by atoms with Crippen LogP contribution in [0.2, 0.25) is 5.82 Å². The number of benzene rings is 2. The number of piperidine rings is 1. The zero-order valence-corrected chi connectivity index (χ0v) is 33.3. The molecule has 2 aromatic carbocycles. The van der Waals surface area contributed by atoms with Crippen molar-refractivity contribution in [1.29, 1.82) is 0 Å². The Bertz CT molecular complexity index is 1410. The van der Waals surface area contributed by atoms with Crippen molar-refractivity contribution in [1.82, 2.24) is 20.9 Å². The fraction of sp³-hybridized carbons (Fsp3) is 0.610. The van der Waals surface area contributed by atoms with Gasteiger partial charge in [0.1, 0.15) is 18.1 Å². The van der Waals surface area contributed by atoms with Crippen LogP contribution in [0.15, 0.2) is 60.7 Å². The molecule has 3 rings (SSSR count). The minimum atomic E-state index is -0.990. The van der Waals surface area contributed by atoms with Gasteiger partial charge in [-0.1, -0.05) is 74.5 Å². The van der Waals surface area contributed by atoms with Crippen LogP contribution < -0.4 is 27.4 Å². The maximum absolute atomic E-state index is 14.0. The summed E-state index contributed by atoms with van der Waals surface area (Å²) in [5.41, 5.74) is 13.8. The Hall–Kier alpha value is -3.78. The van der Waals surface area contributed by atoms with Gasteiger partial charge in [-0.25, -0.2) is 0 Å². The quantitative estimate of drug-likeness (QED) is 0.0893. The van der Waals surface area contributed by atoms with Gasteiger partial charge < -0.3 is 41.6 Å². The van der Waals surface area contributed by atoms with E-state index in [9.17, 15) is 19.2 Å². The molecule has 0 aromatic heterocycles. The first-order chi connectivity index (χ1) is 25.8. The summed E-state index contributed by atoms with van der Waals surface area (Å²) >= 11 is 0. The summed E-state index contributed by atoms with van der Waals surface area (Å²) in [6.07, 6.45) is 4.09. The van der Waals surface area contributed by atoms with Crippen molar-refractivity contribution >= 4 is 30.7 Å². The topological polar surface area (TPSA) is 178 Å². The molecular weight excluding hydrogens is 683 g/mol. The highest BCUT2D eigenvalue weighted by atomic mass is 16.6. The second-order valence-corrected chi connectivity index (χ2v) is 15.5. The second-order valence-electron chi connectivity index (χ2n) is 15.5. The summed E-state index contributed by atoms with van der Waals surface area (Å²) in [6.45, 7) is 13.4. The smallest absolute Gasteiger partial charge is 0.409 e. The average Bonchev–Trinajstić information content (AvgIpc) is 3.13. The van der Waals surface area contributed by atoms with Gasteiger partial charge >= 0.3 is 7.12 Å². The molecule has 1 saturated heterocycles. The van der Waals surface area contributed by atoms with Crippen molar-refractivity contribution in [3.63, 3.8) is 0 Å². The minimum absolute atomic E-state index is 0.0110. The van der Waals surface area contributed by atoms with Crippen molar-refractivity contribution in [3.8, 4) is 0 Å². The van der Waals surface area contributed by atoms with Crippen LogP contribution in [0.1, 0.15) is 91.2 Å². The highest BCUT2D eigenvalue weighted by Crippen LogP contribution is 2.29. The summed E-state index contributed by atoms with van der Waals surface area (Å²) in [5, 5.41) is 8.78. The van der Waals surface area contributed by atoms with Gasteiger partial charge in [0.15, 0.2) is 0 Å². The SMILES string of the molecule is CC(C)C[C@@H](NC(=O)[C@@H](Cc1ccccc1)NC(=O)[C@H](N)Cc1ccccc1)C(=O)N[C@H](CCCCN)C(=O)N1CCC(B(OC(C)C)OC(C)C)CC1. The molecule has 298 valence electrons. The van der Waals surface area contributed by atoms with Crippen molar-refractivity contribution in [2.75, 3.05) is 19.6 Å². The van der Waals surface area contributed by atoms with E-state index in [1.807, 2.05) is 107 Å². The average molecular weight is 749 g/mol. The number of unbranched alkanes of at least 4 members (excludes halogenated alkanes) is 1. The molecule has 13 heteroatoms. The molecule has 0 saturated carbocycles. The van der Waals surface area contributed by atoms with E-state index in [0.29, 0.717) is 51.7 Å². The molecule has 1 fully saturated rings. The molecule has 4 atom stereocenters. The molecule has 0 aliphatic carbocycles. The van der Waals surface area contributed by atoms with E-state index in [4.69, 9.17) is 20.8 Å². The summed E-state index contributed by atoms with van der Waals surface area (Å²) in [4.78, 5) is 57.2.